The van der Waals surface area contributed by atoms with E-state index >= 15 is 0 Å². The van der Waals surface area contributed by atoms with E-state index < -0.39 is 5.63 Å². The number of rotatable bonds is 1. The lowest BCUT2D eigenvalue weighted by molar-refractivity contribution is 0.101. The van der Waals surface area contributed by atoms with E-state index in [2.05, 4.69) is 11.8 Å². The minimum absolute atomic E-state index is 0.0239. The van der Waals surface area contributed by atoms with Crippen LogP contribution in [0.1, 0.15) is 34.2 Å². The van der Waals surface area contributed by atoms with E-state index in [1.807, 2.05) is 0 Å². The monoisotopic (exact) mass is 252 g/mol. The highest BCUT2D eigenvalue weighted by Crippen LogP contribution is 2.04. The van der Waals surface area contributed by atoms with Gasteiger partial charge in [-0.25, -0.2) is 4.79 Å². The van der Waals surface area contributed by atoms with Crippen LogP contribution in [-0.4, -0.2) is 5.78 Å². The molecule has 2 rings (SSSR count). The normalized spacial score (nSPS) is 9.58. The van der Waals surface area contributed by atoms with Gasteiger partial charge >= 0.3 is 5.63 Å². The fourth-order valence-electron chi connectivity index (χ4n) is 1.61. The summed E-state index contributed by atoms with van der Waals surface area (Å²) in [6, 6.07) is 10.1. The van der Waals surface area contributed by atoms with Crippen molar-refractivity contribution in [2.45, 2.75) is 13.8 Å². The van der Waals surface area contributed by atoms with Crippen LogP contribution in [0, 0.1) is 18.8 Å². The second-order valence-corrected chi connectivity index (χ2v) is 4.16. The van der Waals surface area contributed by atoms with Gasteiger partial charge in [-0.15, -0.1) is 0 Å². The smallest absolute Gasteiger partial charge is 0.337 e. The van der Waals surface area contributed by atoms with Gasteiger partial charge in [0.25, 0.3) is 0 Å². The van der Waals surface area contributed by atoms with E-state index in [0.29, 0.717) is 16.9 Å². The second-order valence-electron chi connectivity index (χ2n) is 4.16. The Bertz CT molecular complexity index is 725. The molecular weight excluding hydrogens is 240 g/mol. The summed E-state index contributed by atoms with van der Waals surface area (Å²) < 4.78 is 4.85. The number of Topliss-reactive ketones (excluding diaryl/α,β-unsaturated/α-hetero) is 1. The van der Waals surface area contributed by atoms with Crippen LogP contribution in [0.2, 0.25) is 0 Å². The fraction of sp³-hybridized carbons (Fsp3) is 0.125. The summed E-state index contributed by atoms with van der Waals surface area (Å²) in [5.74, 6) is 6.39. The third kappa shape index (κ3) is 3.43. The number of benzene rings is 1. The van der Waals surface area contributed by atoms with E-state index in [1.165, 1.54) is 13.0 Å². The Morgan fingerprint density at radius 3 is 2.26 bits per heavy atom. The molecule has 0 aliphatic carbocycles. The first kappa shape index (κ1) is 12.8. The van der Waals surface area contributed by atoms with Crippen LogP contribution < -0.4 is 5.63 Å². The second kappa shape index (κ2) is 5.36. The summed E-state index contributed by atoms with van der Waals surface area (Å²) in [7, 11) is 0. The molecule has 0 radical (unpaired) electrons. The van der Waals surface area contributed by atoms with Gasteiger partial charge in [-0.1, -0.05) is 24.0 Å². The minimum Gasteiger partial charge on any atom is -0.428 e. The highest BCUT2D eigenvalue weighted by Gasteiger charge is 1.97. The quantitative estimate of drug-likeness (QED) is 0.579. The average molecular weight is 252 g/mol. The summed E-state index contributed by atoms with van der Waals surface area (Å²) in [6.45, 7) is 3.22. The Morgan fingerprint density at radius 2 is 1.68 bits per heavy atom. The molecule has 0 atom stereocenters. The number of aryl methyl sites for hydroxylation is 1. The topological polar surface area (TPSA) is 47.3 Å². The summed E-state index contributed by atoms with van der Waals surface area (Å²) in [6.07, 6.45) is 0. The molecule has 0 aliphatic rings. The zero-order valence-corrected chi connectivity index (χ0v) is 10.7. The molecule has 3 heteroatoms. The first-order chi connectivity index (χ1) is 9.04. The summed E-state index contributed by atoms with van der Waals surface area (Å²) >= 11 is 0. The van der Waals surface area contributed by atoms with Gasteiger partial charge in [-0.2, -0.15) is 0 Å². The molecule has 0 saturated heterocycles. The lowest BCUT2D eigenvalue weighted by Crippen LogP contribution is -1.98. The molecule has 0 amide bonds. The lowest BCUT2D eigenvalue weighted by Gasteiger charge is -1.95. The molecule has 19 heavy (non-hydrogen) atoms. The van der Waals surface area contributed by atoms with E-state index in [0.717, 1.165) is 5.56 Å². The van der Waals surface area contributed by atoms with E-state index in [4.69, 9.17) is 4.42 Å². The molecule has 0 bridgehead atoms. The average Bonchev–Trinajstić information content (AvgIpc) is 2.36. The maximum absolute atomic E-state index is 11.2. The van der Waals surface area contributed by atoms with Gasteiger partial charge < -0.3 is 4.42 Å². The van der Waals surface area contributed by atoms with E-state index in [9.17, 15) is 9.59 Å². The standard InChI is InChI=1S/C16H12O3/c1-11-9-14(10-16(18)19-11)4-3-13-5-7-15(8-6-13)12(2)17/h5-10H,1-2H3. The predicted octanol–water partition coefficient (Wildman–Crippen LogP) is 2.55. The minimum atomic E-state index is -0.406. The van der Waals surface area contributed by atoms with E-state index in [1.54, 1.807) is 37.3 Å². The number of ketones is 1. The van der Waals surface area contributed by atoms with Gasteiger partial charge in [-0.05, 0) is 32.0 Å². The number of hydrogen-bond acceptors (Lipinski definition) is 3. The third-order valence-electron chi connectivity index (χ3n) is 2.54. The molecule has 1 aromatic carbocycles. The predicted molar refractivity (Wildman–Crippen MR) is 72.1 cm³/mol. The van der Waals surface area contributed by atoms with Crippen molar-refractivity contribution >= 4 is 5.78 Å². The zero-order chi connectivity index (χ0) is 13.8. The van der Waals surface area contributed by atoms with Crippen LogP contribution >= 0.6 is 0 Å². The number of hydrogen-bond donors (Lipinski definition) is 0. The third-order valence-corrected chi connectivity index (χ3v) is 2.54. The van der Waals surface area contributed by atoms with Gasteiger partial charge in [0.15, 0.2) is 5.78 Å². The molecule has 1 heterocycles. The van der Waals surface area contributed by atoms with Crippen molar-refractivity contribution in [2.24, 2.45) is 0 Å². The molecule has 0 fully saturated rings. The molecule has 0 aliphatic heterocycles. The first-order valence-electron chi connectivity index (χ1n) is 5.79. The molecular formula is C16H12O3. The Kier molecular flexibility index (Phi) is 3.63. The van der Waals surface area contributed by atoms with Crippen molar-refractivity contribution in [2.75, 3.05) is 0 Å². The Morgan fingerprint density at radius 1 is 1.05 bits per heavy atom. The van der Waals surface area contributed by atoms with Crippen molar-refractivity contribution in [1.82, 2.24) is 0 Å². The van der Waals surface area contributed by atoms with Crippen LogP contribution in [0.4, 0.5) is 0 Å². The fourth-order valence-corrected chi connectivity index (χ4v) is 1.61. The molecule has 0 N–H and O–H groups in total. The van der Waals surface area contributed by atoms with Crippen LogP contribution in [0.5, 0.6) is 0 Å². The SMILES string of the molecule is CC(=O)c1ccc(C#Cc2cc(C)oc(=O)c2)cc1. The zero-order valence-electron chi connectivity index (χ0n) is 10.7. The maximum atomic E-state index is 11.2. The van der Waals surface area contributed by atoms with Crippen molar-refractivity contribution in [1.29, 1.82) is 0 Å². The molecule has 1 aromatic heterocycles. The van der Waals surface area contributed by atoms with Gasteiger partial charge in [-0.3, -0.25) is 4.79 Å². The van der Waals surface area contributed by atoms with Crippen molar-refractivity contribution in [3.63, 3.8) is 0 Å². The molecule has 0 unspecified atom stereocenters. The summed E-state index contributed by atoms with van der Waals surface area (Å²) in [5, 5.41) is 0. The maximum Gasteiger partial charge on any atom is 0.337 e. The van der Waals surface area contributed by atoms with Crippen molar-refractivity contribution < 1.29 is 9.21 Å². The largest absolute Gasteiger partial charge is 0.428 e. The Hall–Kier alpha value is -2.60. The van der Waals surface area contributed by atoms with Crippen molar-refractivity contribution in [3.05, 3.63) is 69.3 Å². The highest BCUT2D eigenvalue weighted by molar-refractivity contribution is 5.94. The summed E-state index contributed by atoms with van der Waals surface area (Å²) in [4.78, 5) is 22.3. The van der Waals surface area contributed by atoms with Crippen molar-refractivity contribution in [3.8, 4) is 11.8 Å². The van der Waals surface area contributed by atoms with Gasteiger partial charge in [0, 0.05) is 22.8 Å². The van der Waals surface area contributed by atoms with Gasteiger partial charge in [0.2, 0.25) is 0 Å². The number of carbonyl (C=O) groups excluding carboxylic acids is 1. The molecule has 0 saturated carbocycles. The van der Waals surface area contributed by atoms with Crippen LogP contribution in [0.3, 0.4) is 0 Å². The lowest BCUT2D eigenvalue weighted by atomic mass is 10.1. The number of carbonyl (C=O) groups is 1. The molecule has 3 nitrogen and oxygen atoms in total. The van der Waals surface area contributed by atoms with Crippen LogP contribution in [-0.2, 0) is 0 Å². The van der Waals surface area contributed by atoms with Crippen LogP contribution in [0.15, 0.2) is 45.6 Å². The first-order valence-corrected chi connectivity index (χ1v) is 5.79. The Balaban J connectivity index is 2.28. The molecule has 2 aromatic rings. The van der Waals surface area contributed by atoms with Crippen LogP contribution in [0.25, 0.3) is 0 Å². The van der Waals surface area contributed by atoms with Gasteiger partial charge in [0.1, 0.15) is 5.76 Å². The molecule has 0 spiro atoms. The Labute approximate surface area is 110 Å². The highest BCUT2D eigenvalue weighted by atomic mass is 16.4. The summed E-state index contributed by atoms with van der Waals surface area (Å²) in [5.41, 5.74) is 1.65. The van der Waals surface area contributed by atoms with Gasteiger partial charge in [0.05, 0.1) is 0 Å². The van der Waals surface area contributed by atoms with E-state index in [-0.39, 0.29) is 5.78 Å². The molecule has 94 valence electrons.